The molecule has 21 heavy (non-hydrogen) atoms. The molecule has 110 valence electrons. The fourth-order valence-electron chi connectivity index (χ4n) is 1.74. The Hall–Kier alpha value is -2.08. The van der Waals surface area contributed by atoms with Gasteiger partial charge in [-0.25, -0.2) is 8.78 Å². The van der Waals surface area contributed by atoms with Crippen molar-refractivity contribution in [3.8, 4) is 5.75 Å². The van der Waals surface area contributed by atoms with Gasteiger partial charge in [0, 0.05) is 11.6 Å². The molecule has 0 saturated heterocycles. The monoisotopic (exact) mass is 310 g/mol. The molecule has 2 aromatic carbocycles. The predicted molar refractivity (Wildman–Crippen MR) is 75.0 cm³/mol. The van der Waals surface area contributed by atoms with Gasteiger partial charge < -0.3 is 4.74 Å². The van der Waals surface area contributed by atoms with E-state index in [1.54, 1.807) is 18.2 Å². The third kappa shape index (κ3) is 3.72. The molecule has 2 rings (SSSR count). The summed E-state index contributed by atoms with van der Waals surface area (Å²) in [4.78, 5) is 11.8. The molecular formula is C15H12F2O3S. The number of hydrogen-bond donors (Lipinski definition) is 0. The van der Waals surface area contributed by atoms with Crippen LogP contribution in [0.5, 0.6) is 5.75 Å². The number of carbonyl (C=O) groups is 1. The van der Waals surface area contributed by atoms with Gasteiger partial charge in [-0.15, -0.1) is 0 Å². The van der Waals surface area contributed by atoms with Crippen molar-refractivity contribution in [2.45, 2.75) is 4.90 Å². The summed E-state index contributed by atoms with van der Waals surface area (Å²) < 4.78 is 43.3. The summed E-state index contributed by atoms with van der Waals surface area (Å²) in [5, 5.41) is 0. The lowest BCUT2D eigenvalue weighted by atomic mass is 10.1. The summed E-state index contributed by atoms with van der Waals surface area (Å²) >= 11 is 0. The number of benzene rings is 2. The Kier molecular flexibility index (Phi) is 4.80. The van der Waals surface area contributed by atoms with Gasteiger partial charge in [-0.2, -0.15) is 0 Å². The maximum absolute atomic E-state index is 13.5. The van der Waals surface area contributed by atoms with Crippen molar-refractivity contribution in [2.24, 2.45) is 0 Å². The first-order chi connectivity index (χ1) is 10.0. The largest absolute Gasteiger partial charge is 0.497 e. The third-order valence-electron chi connectivity index (χ3n) is 2.79. The Labute approximate surface area is 123 Å². The van der Waals surface area contributed by atoms with Gasteiger partial charge >= 0.3 is 0 Å². The molecule has 6 heteroatoms. The summed E-state index contributed by atoms with van der Waals surface area (Å²) in [6.45, 7) is 0. The van der Waals surface area contributed by atoms with E-state index < -0.39 is 28.2 Å². The Morgan fingerprint density at radius 2 is 1.95 bits per heavy atom. The normalized spacial score (nSPS) is 12.0. The molecule has 0 N–H and O–H groups in total. The van der Waals surface area contributed by atoms with Crippen LogP contribution in [-0.4, -0.2) is 22.9 Å². The van der Waals surface area contributed by atoms with Gasteiger partial charge in [0.2, 0.25) is 0 Å². The molecule has 0 radical (unpaired) electrons. The third-order valence-corrected chi connectivity index (χ3v) is 4.14. The molecule has 0 bridgehead atoms. The van der Waals surface area contributed by atoms with Gasteiger partial charge in [0.1, 0.15) is 17.4 Å². The zero-order valence-corrected chi connectivity index (χ0v) is 12.0. The average molecular weight is 310 g/mol. The van der Waals surface area contributed by atoms with E-state index >= 15 is 0 Å². The van der Waals surface area contributed by atoms with Crippen molar-refractivity contribution in [2.75, 3.05) is 12.9 Å². The fourth-order valence-corrected chi connectivity index (χ4v) is 2.79. The zero-order valence-electron chi connectivity index (χ0n) is 11.1. The number of hydrogen-bond acceptors (Lipinski definition) is 3. The number of methoxy groups -OCH3 is 1. The highest BCUT2D eigenvalue weighted by Gasteiger charge is 2.16. The zero-order chi connectivity index (χ0) is 15.4. The van der Waals surface area contributed by atoms with E-state index in [2.05, 4.69) is 0 Å². The second-order valence-corrected chi connectivity index (χ2v) is 5.64. The van der Waals surface area contributed by atoms with Crippen LogP contribution in [0.1, 0.15) is 10.4 Å². The van der Waals surface area contributed by atoms with E-state index in [9.17, 15) is 17.8 Å². The molecule has 0 aromatic heterocycles. The van der Waals surface area contributed by atoms with E-state index in [1.807, 2.05) is 0 Å². The van der Waals surface area contributed by atoms with Crippen molar-refractivity contribution in [1.29, 1.82) is 0 Å². The molecule has 0 heterocycles. The summed E-state index contributed by atoms with van der Waals surface area (Å²) in [6.07, 6.45) is 0. The van der Waals surface area contributed by atoms with Crippen LogP contribution in [0.4, 0.5) is 8.78 Å². The lowest BCUT2D eigenvalue weighted by Crippen LogP contribution is -2.12. The van der Waals surface area contributed by atoms with Crippen molar-refractivity contribution < 1.29 is 22.5 Å². The molecular weight excluding hydrogens is 298 g/mol. The number of ketones is 1. The lowest BCUT2D eigenvalue weighted by molar-refractivity contribution is 0.102. The number of halogens is 2. The highest BCUT2D eigenvalue weighted by molar-refractivity contribution is 7.85. The van der Waals surface area contributed by atoms with E-state index in [0.29, 0.717) is 17.4 Å². The van der Waals surface area contributed by atoms with Crippen molar-refractivity contribution in [1.82, 2.24) is 0 Å². The quantitative estimate of drug-likeness (QED) is 0.798. The second-order valence-electron chi connectivity index (χ2n) is 4.22. The van der Waals surface area contributed by atoms with Gasteiger partial charge in [0.15, 0.2) is 5.78 Å². The molecule has 0 aliphatic rings. The van der Waals surface area contributed by atoms with Crippen molar-refractivity contribution >= 4 is 16.6 Å². The van der Waals surface area contributed by atoms with Crippen LogP contribution in [0.25, 0.3) is 0 Å². The highest BCUT2D eigenvalue weighted by atomic mass is 32.2. The fraction of sp³-hybridized carbons (Fsp3) is 0.133. The first-order valence-electron chi connectivity index (χ1n) is 6.02. The SMILES string of the molecule is COc1cccc(C(=O)CS(=O)c2ccc(F)cc2F)c1. The maximum atomic E-state index is 13.5. The van der Waals surface area contributed by atoms with E-state index in [-0.39, 0.29) is 10.6 Å². The van der Waals surface area contributed by atoms with Crippen LogP contribution >= 0.6 is 0 Å². The molecule has 0 amide bonds. The topological polar surface area (TPSA) is 43.4 Å². The highest BCUT2D eigenvalue weighted by Crippen LogP contribution is 2.17. The van der Waals surface area contributed by atoms with Crippen LogP contribution in [0.3, 0.4) is 0 Å². The Morgan fingerprint density at radius 1 is 1.19 bits per heavy atom. The molecule has 1 atom stereocenters. The molecule has 2 aromatic rings. The Bertz CT molecular complexity index is 701. The number of ether oxygens (including phenoxy) is 1. The van der Waals surface area contributed by atoms with E-state index in [4.69, 9.17) is 4.74 Å². The van der Waals surface area contributed by atoms with Gasteiger partial charge in [-0.3, -0.25) is 9.00 Å². The van der Waals surface area contributed by atoms with Crippen LogP contribution in [0, 0.1) is 11.6 Å². The molecule has 1 unspecified atom stereocenters. The first kappa shape index (κ1) is 15.3. The van der Waals surface area contributed by atoms with E-state index in [0.717, 1.165) is 12.1 Å². The van der Waals surface area contributed by atoms with E-state index in [1.165, 1.54) is 13.2 Å². The average Bonchev–Trinajstić information content (AvgIpc) is 2.47. The second kappa shape index (κ2) is 6.58. The molecule has 0 fully saturated rings. The predicted octanol–water partition coefficient (Wildman–Crippen LogP) is 2.96. The summed E-state index contributed by atoms with van der Waals surface area (Å²) in [7, 11) is -0.407. The summed E-state index contributed by atoms with van der Waals surface area (Å²) in [5.41, 5.74) is 0.324. The van der Waals surface area contributed by atoms with Gasteiger partial charge in [-0.1, -0.05) is 12.1 Å². The molecule has 0 spiro atoms. The molecule has 0 aliphatic heterocycles. The van der Waals surface area contributed by atoms with Gasteiger partial charge in [0.05, 0.1) is 28.6 Å². The van der Waals surface area contributed by atoms with Crippen LogP contribution in [0.2, 0.25) is 0 Å². The van der Waals surface area contributed by atoms with Crippen LogP contribution in [-0.2, 0) is 10.8 Å². The minimum atomic E-state index is -1.87. The number of Topliss-reactive ketones (excluding diaryl/α,β-unsaturated/α-hetero) is 1. The maximum Gasteiger partial charge on any atom is 0.175 e. The number of rotatable bonds is 5. The standard InChI is InChI=1S/C15H12F2O3S/c1-20-12-4-2-3-10(7-12)14(18)9-21(19)15-6-5-11(16)8-13(15)17/h2-8H,9H2,1H3. The van der Waals surface area contributed by atoms with Crippen molar-refractivity contribution in [3.05, 3.63) is 59.7 Å². The molecule has 0 saturated carbocycles. The van der Waals surface area contributed by atoms with Crippen LogP contribution < -0.4 is 4.74 Å². The van der Waals surface area contributed by atoms with Crippen LogP contribution in [0.15, 0.2) is 47.4 Å². The number of carbonyl (C=O) groups excluding carboxylic acids is 1. The van der Waals surface area contributed by atoms with Gasteiger partial charge in [0.25, 0.3) is 0 Å². The van der Waals surface area contributed by atoms with Gasteiger partial charge in [-0.05, 0) is 24.3 Å². The minimum absolute atomic E-state index is 0.187. The Balaban J connectivity index is 2.16. The summed E-state index contributed by atoms with van der Waals surface area (Å²) in [5.74, 6) is -1.97. The minimum Gasteiger partial charge on any atom is -0.497 e. The molecule has 0 aliphatic carbocycles. The van der Waals surface area contributed by atoms with Crippen molar-refractivity contribution in [3.63, 3.8) is 0 Å². The smallest absolute Gasteiger partial charge is 0.175 e. The molecule has 3 nitrogen and oxygen atoms in total. The lowest BCUT2D eigenvalue weighted by Gasteiger charge is -2.05. The first-order valence-corrected chi connectivity index (χ1v) is 7.34. The summed E-state index contributed by atoms with van der Waals surface area (Å²) in [6, 6.07) is 9.11. The Morgan fingerprint density at radius 3 is 2.62 bits per heavy atom.